The van der Waals surface area contributed by atoms with Crippen molar-refractivity contribution in [1.82, 2.24) is 14.8 Å². The van der Waals surface area contributed by atoms with Gasteiger partial charge < -0.3 is 0 Å². The Kier molecular flexibility index (Phi) is 6.85. The Morgan fingerprint density at radius 2 is 1.88 bits per heavy atom. The molecule has 0 spiro atoms. The predicted octanol–water partition coefficient (Wildman–Crippen LogP) is 4.95. The van der Waals surface area contributed by atoms with Crippen LogP contribution in [0.5, 0.6) is 0 Å². The summed E-state index contributed by atoms with van der Waals surface area (Å²) in [6.07, 6.45) is -1.51. The van der Waals surface area contributed by atoms with Gasteiger partial charge in [-0.2, -0.15) is 5.10 Å². The predicted molar refractivity (Wildman–Crippen MR) is 96.0 cm³/mol. The molecule has 26 heavy (non-hydrogen) atoms. The summed E-state index contributed by atoms with van der Waals surface area (Å²) in [5.41, 5.74) is -0.269. The summed E-state index contributed by atoms with van der Waals surface area (Å²) >= 11 is 18.2. The first-order valence-corrected chi connectivity index (χ1v) is 8.61. The number of alkyl halides is 2. The van der Waals surface area contributed by atoms with Crippen LogP contribution in [-0.4, -0.2) is 33.9 Å². The van der Waals surface area contributed by atoms with Crippen LogP contribution in [0.4, 0.5) is 8.78 Å². The van der Waals surface area contributed by atoms with E-state index < -0.39 is 23.9 Å². The molecule has 1 unspecified atom stereocenters. The minimum atomic E-state index is -2.84. The number of carbonyl (C=O) groups excluding carboxylic acids is 1. The lowest BCUT2D eigenvalue weighted by Gasteiger charge is -2.27. The fraction of sp³-hybridized carbons (Fsp3) is 0.375. The van der Waals surface area contributed by atoms with E-state index in [0.717, 1.165) is 15.9 Å². The number of rotatable bonds is 6. The Morgan fingerprint density at radius 1 is 1.31 bits per heavy atom. The van der Waals surface area contributed by atoms with Gasteiger partial charge >= 0.3 is 0 Å². The van der Waals surface area contributed by atoms with E-state index in [1.54, 1.807) is 6.92 Å². The topological polar surface area (TPSA) is 47.4 Å². The van der Waals surface area contributed by atoms with Gasteiger partial charge in [0, 0.05) is 28.3 Å². The normalized spacial score (nSPS) is 12.5. The number of nitrogens with zero attached hydrogens (tertiary/aromatic N) is 3. The van der Waals surface area contributed by atoms with Crippen molar-refractivity contribution in [2.45, 2.75) is 25.8 Å². The minimum Gasteiger partial charge on any atom is -0.275 e. The van der Waals surface area contributed by atoms with E-state index in [1.807, 2.05) is 0 Å². The van der Waals surface area contributed by atoms with Gasteiger partial charge in [-0.25, -0.2) is 13.8 Å². The number of hydrogen-bond donors (Lipinski definition) is 0. The zero-order valence-corrected chi connectivity index (χ0v) is 16.4. The molecule has 1 amide bonds. The van der Waals surface area contributed by atoms with Gasteiger partial charge in [0.25, 0.3) is 12.3 Å². The number of benzene rings is 1. The maximum absolute atomic E-state index is 13.1. The van der Waals surface area contributed by atoms with Crippen molar-refractivity contribution in [3.8, 4) is 0 Å². The Hall–Kier alpha value is -1.41. The van der Waals surface area contributed by atoms with Crippen molar-refractivity contribution in [2.75, 3.05) is 7.11 Å². The highest BCUT2D eigenvalue weighted by atomic mass is 35.5. The van der Waals surface area contributed by atoms with Gasteiger partial charge in [-0.15, -0.1) is 0 Å². The number of aromatic nitrogens is 2. The van der Waals surface area contributed by atoms with Crippen molar-refractivity contribution < 1.29 is 18.4 Å². The smallest absolute Gasteiger partial charge is 0.275 e. The molecule has 1 atom stereocenters. The third-order valence-corrected chi connectivity index (χ3v) is 4.59. The molecule has 1 heterocycles. The molecule has 0 aliphatic carbocycles. The fourth-order valence-corrected chi connectivity index (χ4v) is 3.52. The number of amides is 1. The van der Waals surface area contributed by atoms with Crippen LogP contribution in [0.3, 0.4) is 0 Å². The summed E-state index contributed by atoms with van der Waals surface area (Å²) in [4.78, 5) is 17.8. The maximum Gasteiger partial charge on any atom is 0.298 e. The molecule has 1 aromatic carbocycles. The number of hydrogen-bond acceptors (Lipinski definition) is 3. The molecule has 2 aromatic rings. The Labute approximate surface area is 164 Å². The molecule has 0 saturated carbocycles. The number of halogens is 5. The number of aryl methyl sites for hydroxylation is 1. The van der Waals surface area contributed by atoms with Gasteiger partial charge in [-0.05, 0) is 31.0 Å². The molecule has 5 nitrogen and oxygen atoms in total. The fourth-order valence-electron chi connectivity index (χ4n) is 2.55. The van der Waals surface area contributed by atoms with Crippen molar-refractivity contribution in [3.05, 3.63) is 50.2 Å². The molecule has 0 N–H and O–H groups in total. The summed E-state index contributed by atoms with van der Waals surface area (Å²) in [5, 5.41) is 5.86. The highest BCUT2D eigenvalue weighted by molar-refractivity contribution is 6.39. The molecule has 0 bridgehead atoms. The van der Waals surface area contributed by atoms with Crippen molar-refractivity contribution in [2.24, 2.45) is 7.05 Å². The average Bonchev–Trinajstić information content (AvgIpc) is 2.93. The first-order chi connectivity index (χ1) is 12.1. The lowest BCUT2D eigenvalue weighted by atomic mass is 10.1. The molecular formula is C16H16Cl3F2N3O2. The molecule has 0 fully saturated rings. The third-order valence-electron chi connectivity index (χ3n) is 3.70. The van der Waals surface area contributed by atoms with Crippen LogP contribution in [0.2, 0.25) is 15.1 Å². The van der Waals surface area contributed by atoms with Crippen LogP contribution >= 0.6 is 34.8 Å². The maximum atomic E-state index is 13.1. The SMILES string of the molecule is CON(C(=O)c1nn(C)cc1C(F)F)C(C)Cc1c(Cl)cc(Cl)cc1Cl. The van der Waals surface area contributed by atoms with Crippen LogP contribution in [0.15, 0.2) is 18.3 Å². The first-order valence-electron chi connectivity index (χ1n) is 7.48. The first kappa shape index (κ1) is 20.9. The zero-order valence-electron chi connectivity index (χ0n) is 14.1. The van der Waals surface area contributed by atoms with E-state index in [1.165, 1.54) is 26.3 Å². The van der Waals surface area contributed by atoms with Gasteiger partial charge in [0.15, 0.2) is 5.69 Å². The monoisotopic (exact) mass is 425 g/mol. The van der Waals surface area contributed by atoms with Gasteiger partial charge in [-0.1, -0.05) is 34.8 Å². The van der Waals surface area contributed by atoms with Crippen molar-refractivity contribution >= 4 is 40.7 Å². The molecule has 10 heteroatoms. The second-order valence-corrected chi connectivity index (χ2v) is 6.87. The molecule has 0 aliphatic heterocycles. The Balaban J connectivity index is 2.29. The van der Waals surface area contributed by atoms with E-state index in [9.17, 15) is 13.6 Å². The standard InChI is InChI=1S/C16H16Cl3F2N3O2/c1-8(4-10-12(18)5-9(17)6-13(10)19)24(26-3)16(25)14-11(15(20)21)7-23(2)22-14/h5-8,15H,4H2,1-3H3. The molecule has 2 rings (SSSR count). The van der Waals surface area contributed by atoms with E-state index in [2.05, 4.69) is 5.10 Å². The van der Waals surface area contributed by atoms with E-state index in [-0.39, 0.29) is 12.1 Å². The van der Waals surface area contributed by atoms with Crippen LogP contribution < -0.4 is 0 Å². The van der Waals surface area contributed by atoms with Crippen LogP contribution in [0, 0.1) is 0 Å². The summed E-state index contributed by atoms with van der Waals surface area (Å²) in [6, 6.07) is 2.50. The van der Waals surface area contributed by atoms with E-state index in [0.29, 0.717) is 20.6 Å². The van der Waals surface area contributed by atoms with Gasteiger partial charge in [0.2, 0.25) is 0 Å². The molecule has 1 aromatic heterocycles. The highest BCUT2D eigenvalue weighted by Gasteiger charge is 2.30. The Morgan fingerprint density at radius 3 is 2.38 bits per heavy atom. The van der Waals surface area contributed by atoms with E-state index >= 15 is 0 Å². The zero-order chi connectivity index (χ0) is 19.6. The molecular weight excluding hydrogens is 411 g/mol. The lowest BCUT2D eigenvalue weighted by Crippen LogP contribution is -2.39. The minimum absolute atomic E-state index is 0.227. The van der Waals surface area contributed by atoms with E-state index in [4.69, 9.17) is 39.6 Å². The van der Waals surface area contributed by atoms with Gasteiger partial charge in [0.1, 0.15) is 0 Å². The largest absolute Gasteiger partial charge is 0.298 e. The van der Waals surface area contributed by atoms with Crippen molar-refractivity contribution in [3.63, 3.8) is 0 Å². The van der Waals surface area contributed by atoms with Gasteiger partial charge in [-0.3, -0.25) is 14.3 Å². The van der Waals surface area contributed by atoms with Crippen molar-refractivity contribution in [1.29, 1.82) is 0 Å². The average molecular weight is 427 g/mol. The highest BCUT2D eigenvalue weighted by Crippen LogP contribution is 2.31. The van der Waals surface area contributed by atoms with Crippen LogP contribution in [0.1, 0.15) is 35.0 Å². The Bertz CT molecular complexity index is 791. The summed E-state index contributed by atoms with van der Waals surface area (Å²) in [6.45, 7) is 1.67. The summed E-state index contributed by atoms with van der Waals surface area (Å²) in [7, 11) is 2.72. The second kappa shape index (κ2) is 8.52. The third kappa shape index (κ3) is 4.46. The lowest BCUT2D eigenvalue weighted by molar-refractivity contribution is -0.119. The molecule has 0 radical (unpaired) electrons. The molecule has 0 saturated heterocycles. The van der Waals surface area contributed by atoms with Crippen LogP contribution in [0.25, 0.3) is 0 Å². The molecule has 0 aliphatic rings. The van der Waals surface area contributed by atoms with Gasteiger partial charge in [0.05, 0.1) is 18.7 Å². The number of hydroxylamine groups is 2. The van der Waals surface area contributed by atoms with Crippen LogP contribution in [-0.2, 0) is 18.3 Å². The quantitative estimate of drug-likeness (QED) is 0.614. The summed E-state index contributed by atoms with van der Waals surface area (Å²) in [5.74, 6) is -0.780. The summed E-state index contributed by atoms with van der Waals surface area (Å²) < 4.78 is 27.4. The molecule has 142 valence electrons. The second-order valence-electron chi connectivity index (χ2n) is 5.62. The number of carbonyl (C=O) groups is 1.